The lowest BCUT2D eigenvalue weighted by molar-refractivity contribution is -0.113. The molecule has 1 aliphatic heterocycles. The number of nitrogens with one attached hydrogen (secondary N) is 1. The molecule has 1 N–H and O–H groups in total. The number of nitrogens with zero attached hydrogens (tertiary/aromatic N) is 4. The highest BCUT2D eigenvalue weighted by Gasteiger charge is 2.32. The van der Waals surface area contributed by atoms with E-state index in [1.807, 2.05) is 35.7 Å². The molecule has 156 valence electrons. The van der Waals surface area contributed by atoms with Gasteiger partial charge in [0.2, 0.25) is 5.91 Å². The van der Waals surface area contributed by atoms with E-state index in [1.54, 1.807) is 0 Å². The normalized spacial score (nSPS) is 18.6. The highest BCUT2D eigenvalue weighted by molar-refractivity contribution is 7.99. The van der Waals surface area contributed by atoms with Crippen LogP contribution in [-0.4, -0.2) is 44.1 Å². The van der Waals surface area contributed by atoms with E-state index in [0.717, 1.165) is 48.2 Å². The number of amides is 1. The van der Waals surface area contributed by atoms with Gasteiger partial charge in [-0.2, -0.15) is 0 Å². The number of anilines is 1. The third-order valence-electron chi connectivity index (χ3n) is 5.25. The van der Waals surface area contributed by atoms with Crippen molar-refractivity contribution in [2.75, 3.05) is 17.7 Å². The molecule has 0 bridgehead atoms. The molecule has 30 heavy (non-hydrogen) atoms. The number of hydrogen-bond donors (Lipinski definition) is 1. The third kappa shape index (κ3) is 4.58. The second kappa shape index (κ2) is 8.87. The fourth-order valence-electron chi connectivity index (χ4n) is 3.57. The summed E-state index contributed by atoms with van der Waals surface area (Å²) in [4.78, 5) is 17.0. The van der Waals surface area contributed by atoms with Crippen LogP contribution in [-0.2, 0) is 16.1 Å². The van der Waals surface area contributed by atoms with Crippen molar-refractivity contribution in [3.05, 3.63) is 41.5 Å². The molecule has 1 amide bonds. The number of thiazole rings is 1. The van der Waals surface area contributed by atoms with Crippen LogP contribution in [0.15, 0.2) is 40.9 Å². The smallest absolute Gasteiger partial charge is 0.236 e. The Labute approximate surface area is 183 Å². The molecular weight excluding hydrogens is 418 g/mol. The molecule has 7 nitrogen and oxygen atoms in total. The summed E-state index contributed by atoms with van der Waals surface area (Å²) in [6.45, 7) is 1.60. The van der Waals surface area contributed by atoms with Gasteiger partial charge < -0.3 is 14.6 Å². The molecule has 1 aromatic carbocycles. The lowest BCUT2D eigenvalue weighted by Gasteiger charge is -2.14. The fraction of sp³-hybridized carbons (Fsp3) is 0.429. The van der Waals surface area contributed by atoms with Crippen molar-refractivity contribution in [1.29, 1.82) is 0 Å². The van der Waals surface area contributed by atoms with Crippen LogP contribution in [0.3, 0.4) is 0 Å². The fourth-order valence-corrected chi connectivity index (χ4v) is 5.06. The maximum atomic E-state index is 12.5. The minimum absolute atomic E-state index is 0.0893. The quantitative estimate of drug-likeness (QED) is 0.528. The van der Waals surface area contributed by atoms with E-state index in [1.165, 1.54) is 35.9 Å². The molecule has 2 fully saturated rings. The van der Waals surface area contributed by atoms with Gasteiger partial charge in [0.05, 0.1) is 24.1 Å². The second-order valence-corrected chi connectivity index (χ2v) is 9.40. The number of ether oxygens (including phenoxy) is 1. The van der Waals surface area contributed by atoms with Crippen LogP contribution in [0.1, 0.15) is 37.4 Å². The first-order valence-electron chi connectivity index (χ1n) is 10.2. The van der Waals surface area contributed by atoms with Gasteiger partial charge in [0.25, 0.3) is 0 Å². The van der Waals surface area contributed by atoms with Crippen LogP contribution in [0.5, 0.6) is 0 Å². The first-order valence-corrected chi connectivity index (χ1v) is 12.1. The van der Waals surface area contributed by atoms with E-state index >= 15 is 0 Å². The Morgan fingerprint density at radius 3 is 2.87 bits per heavy atom. The Hall–Kier alpha value is -2.23. The lowest BCUT2D eigenvalue weighted by atomic mass is 10.2. The van der Waals surface area contributed by atoms with Crippen molar-refractivity contribution in [2.24, 2.45) is 0 Å². The molecule has 1 atom stereocenters. The van der Waals surface area contributed by atoms with Crippen LogP contribution >= 0.6 is 23.1 Å². The highest BCUT2D eigenvalue weighted by Crippen LogP contribution is 2.40. The molecule has 9 heteroatoms. The molecule has 1 saturated heterocycles. The summed E-state index contributed by atoms with van der Waals surface area (Å²) in [6.07, 6.45) is 4.74. The van der Waals surface area contributed by atoms with Gasteiger partial charge in [-0.3, -0.25) is 4.79 Å². The van der Waals surface area contributed by atoms with E-state index in [-0.39, 0.29) is 17.8 Å². The predicted molar refractivity (Wildman–Crippen MR) is 118 cm³/mol. The zero-order valence-electron chi connectivity index (χ0n) is 16.5. The van der Waals surface area contributed by atoms with Crippen LogP contribution in [0.25, 0.3) is 11.3 Å². The highest BCUT2D eigenvalue weighted by atomic mass is 32.2. The molecule has 1 aliphatic carbocycles. The summed E-state index contributed by atoms with van der Waals surface area (Å²) in [5, 5.41) is 15.1. The maximum absolute atomic E-state index is 12.5. The zero-order chi connectivity index (χ0) is 20.3. The van der Waals surface area contributed by atoms with Gasteiger partial charge in [-0.05, 0) is 25.7 Å². The number of rotatable bonds is 8. The third-order valence-corrected chi connectivity index (χ3v) is 6.98. The van der Waals surface area contributed by atoms with Gasteiger partial charge in [-0.25, -0.2) is 4.98 Å². The molecule has 0 spiro atoms. The minimum atomic E-state index is -0.0893. The van der Waals surface area contributed by atoms with E-state index < -0.39 is 0 Å². The molecular formula is C21H23N5O2S2. The number of carbonyl (C=O) groups is 1. The summed E-state index contributed by atoms with van der Waals surface area (Å²) in [6, 6.07) is 9.95. The van der Waals surface area contributed by atoms with E-state index in [0.29, 0.717) is 11.0 Å². The summed E-state index contributed by atoms with van der Waals surface area (Å²) in [7, 11) is 0. The van der Waals surface area contributed by atoms with E-state index in [9.17, 15) is 4.79 Å². The van der Waals surface area contributed by atoms with Crippen molar-refractivity contribution >= 4 is 34.1 Å². The molecule has 3 heterocycles. The number of benzene rings is 1. The molecule has 1 unspecified atom stereocenters. The Bertz CT molecular complexity index is 1010. The molecule has 5 rings (SSSR count). The number of aromatic nitrogens is 4. The van der Waals surface area contributed by atoms with Crippen LogP contribution in [0, 0.1) is 0 Å². The maximum Gasteiger partial charge on any atom is 0.236 e. The SMILES string of the molecule is O=C(CSc1nnc(C2CC2)n1CC1CCCO1)Nc1nc(-c2ccccc2)cs1. The van der Waals surface area contributed by atoms with Crippen molar-refractivity contribution in [2.45, 2.75) is 49.4 Å². The Balaban J connectivity index is 1.21. The van der Waals surface area contributed by atoms with Crippen molar-refractivity contribution in [3.8, 4) is 11.3 Å². The van der Waals surface area contributed by atoms with Gasteiger partial charge in [0.1, 0.15) is 5.82 Å². The predicted octanol–water partition coefficient (Wildman–Crippen LogP) is 4.19. The monoisotopic (exact) mass is 441 g/mol. The number of hydrogen-bond acceptors (Lipinski definition) is 7. The van der Waals surface area contributed by atoms with Crippen LogP contribution < -0.4 is 5.32 Å². The van der Waals surface area contributed by atoms with Crippen molar-refractivity contribution < 1.29 is 9.53 Å². The molecule has 0 radical (unpaired) electrons. The topological polar surface area (TPSA) is 81.9 Å². The average molecular weight is 442 g/mol. The van der Waals surface area contributed by atoms with Crippen molar-refractivity contribution in [3.63, 3.8) is 0 Å². The Morgan fingerprint density at radius 1 is 1.23 bits per heavy atom. The molecule has 2 aromatic heterocycles. The minimum Gasteiger partial charge on any atom is -0.376 e. The van der Waals surface area contributed by atoms with Crippen LogP contribution in [0.2, 0.25) is 0 Å². The first kappa shape index (κ1) is 19.7. The second-order valence-electron chi connectivity index (χ2n) is 7.60. The van der Waals surface area contributed by atoms with Gasteiger partial charge in [-0.15, -0.1) is 21.5 Å². The zero-order valence-corrected chi connectivity index (χ0v) is 18.1. The van der Waals surface area contributed by atoms with Crippen molar-refractivity contribution in [1.82, 2.24) is 19.7 Å². The molecule has 1 saturated carbocycles. The summed E-state index contributed by atoms with van der Waals surface area (Å²) in [5.41, 5.74) is 1.91. The van der Waals surface area contributed by atoms with E-state index in [4.69, 9.17) is 4.74 Å². The van der Waals surface area contributed by atoms with Gasteiger partial charge in [-0.1, -0.05) is 42.1 Å². The van der Waals surface area contributed by atoms with Gasteiger partial charge in [0.15, 0.2) is 10.3 Å². The average Bonchev–Trinajstić information content (AvgIpc) is 3.15. The Kier molecular flexibility index (Phi) is 5.83. The standard InChI is InChI=1S/C21H23N5O2S2/c27-18(23-20-22-17(12-29-20)14-5-2-1-3-6-14)13-30-21-25-24-19(15-8-9-15)26(21)11-16-7-4-10-28-16/h1-3,5-6,12,15-16H,4,7-11,13H2,(H,22,23,27). The van der Waals surface area contributed by atoms with Crippen LogP contribution in [0.4, 0.5) is 5.13 Å². The summed E-state index contributed by atoms with van der Waals surface area (Å²) < 4.78 is 7.98. The number of carbonyl (C=O) groups excluding carboxylic acids is 1. The number of thioether (sulfide) groups is 1. The molecule has 2 aliphatic rings. The molecule has 3 aromatic rings. The first-order chi connectivity index (χ1) is 14.8. The largest absolute Gasteiger partial charge is 0.376 e. The van der Waals surface area contributed by atoms with Gasteiger partial charge in [0, 0.05) is 23.5 Å². The van der Waals surface area contributed by atoms with E-state index in [2.05, 4.69) is 25.1 Å². The summed E-state index contributed by atoms with van der Waals surface area (Å²) >= 11 is 2.86. The van der Waals surface area contributed by atoms with Gasteiger partial charge >= 0.3 is 0 Å². The summed E-state index contributed by atoms with van der Waals surface area (Å²) in [5.74, 6) is 1.73. The lowest BCUT2D eigenvalue weighted by Crippen LogP contribution is -2.19. The Morgan fingerprint density at radius 2 is 2.10 bits per heavy atom.